The summed E-state index contributed by atoms with van der Waals surface area (Å²) in [5, 5.41) is 17.9. The second kappa shape index (κ2) is 7.05. The number of aryl methyl sites for hydroxylation is 1. The van der Waals surface area contributed by atoms with Crippen molar-refractivity contribution in [2.45, 2.75) is 52.1 Å². The fourth-order valence-electron chi connectivity index (χ4n) is 2.60. The van der Waals surface area contributed by atoms with Crippen LogP contribution in [0.2, 0.25) is 0 Å². The van der Waals surface area contributed by atoms with E-state index in [1.807, 2.05) is 6.07 Å². The van der Waals surface area contributed by atoms with Crippen molar-refractivity contribution in [1.82, 2.24) is 20.4 Å². The van der Waals surface area contributed by atoms with Crippen molar-refractivity contribution in [2.75, 3.05) is 0 Å². The Kier molecular flexibility index (Phi) is 5.11. The average Bonchev–Trinajstić information content (AvgIpc) is 2.98. The lowest BCUT2D eigenvalue weighted by atomic mass is 10.1. The molecule has 1 saturated carbocycles. The van der Waals surface area contributed by atoms with Gasteiger partial charge in [0.25, 0.3) is 5.56 Å². The van der Waals surface area contributed by atoms with Crippen molar-refractivity contribution >= 4 is 11.9 Å². The molecule has 0 unspecified atom stereocenters. The van der Waals surface area contributed by atoms with Gasteiger partial charge in [-0.25, -0.2) is 9.48 Å². The van der Waals surface area contributed by atoms with E-state index in [1.165, 1.54) is 0 Å². The van der Waals surface area contributed by atoms with E-state index >= 15 is 0 Å². The fourth-order valence-corrected chi connectivity index (χ4v) is 2.60. The van der Waals surface area contributed by atoms with E-state index in [0.717, 1.165) is 30.4 Å². The molecule has 122 valence electrons. The molecule has 2 rings (SSSR count). The van der Waals surface area contributed by atoms with Crippen LogP contribution in [0.15, 0.2) is 4.79 Å². The molecule has 1 aliphatic carbocycles. The Hall–Kier alpha value is -2.69. The van der Waals surface area contributed by atoms with E-state index < -0.39 is 24.0 Å². The van der Waals surface area contributed by atoms with Crippen LogP contribution >= 0.6 is 0 Å². The Balaban J connectivity index is 2.03. The summed E-state index contributed by atoms with van der Waals surface area (Å²) in [5.41, 5.74) is 0.306. The van der Waals surface area contributed by atoms with Gasteiger partial charge in [-0.2, -0.15) is 10.4 Å². The molecule has 1 heterocycles. The number of urea groups is 1. The molecule has 0 aliphatic heterocycles. The predicted octanol–water partition coefficient (Wildman–Crippen LogP) is 0.500. The average molecular weight is 317 g/mol. The monoisotopic (exact) mass is 317 g/mol. The van der Waals surface area contributed by atoms with E-state index in [2.05, 4.69) is 15.7 Å². The zero-order valence-electron chi connectivity index (χ0n) is 13.2. The molecule has 1 aromatic heterocycles. The Labute approximate surface area is 133 Å². The van der Waals surface area contributed by atoms with Crippen molar-refractivity contribution in [3.63, 3.8) is 0 Å². The summed E-state index contributed by atoms with van der Waals surface area (Å²) in [4.78, 5) is 35.7. The van der Waals surface area contributed by atoms with E-state index in [0.29, 0.717) is 11.3 Å². The van der Waals surface area contributed by atoms with Crippen LogP contribution in [0.25, 0.3) is 0 Å². The standard InChI is InChI=1S/C15H19N5O3/c1-9-10(2)19-20(14(22)12(9)7-16)8-13(21)18-15(23)17-11-5-3-4-6-11/h11H,3-6,8H2,1-2H3,(H2,17,18,21,23). The summed E-state index contributed by atoms with van der Waals surface area (Å²) < 4.78 is 0.902. The molecule has 3 amide bonds. The minimum absolute atomic E-state index is 0.0410. The van der Waals surface area contributed by atoms with Gasteiger partial charge in [-0.05, 0) is 32.3 Å². The maximum Gasteiger partial charge on any atom is 0.321 e. The van der Waals surface area contributed by atoms with Crippen LogP contribution in [0.4, 0.5) is 4.79 Å². The van der Waals surface area contributed by atoms with Crippen molar-refractivity contribution in [3.05, 3.63) is 27.2 Å². The van der Waals surface area contributed by atoms with Gasteiger partial charge in [0.05, 0.1) is 5.69 Å². The topological polar surface area (TPSA) is 117 Å². The van der Waals surface area contributed by atoms with Gasteiger partial charge in [-0.3, -0.25) is 14.9 Å². The number of aromatic nitrogens is 2. The smallest absolute Gasteiger partial charge is 0.321 e. The van der Waals surface area contributed by atoms with Gasteiger partial charge in [0.15, 0.2) is 0 Å². The third-order valence-corrected chi connectivity index (χ3v) is 3.99. The number of hydrogen-bond donors (Lipinski definition) is 2. The first-order chi connectivity index (χ1) is 10.9. The number of amides is 3. The van der Waals surface area contributed by atoms with Crippen LogP contribution in [0.5, 0.6) is 0 Å². The predicted molar refractivity (Wildman–Crippen MR) is 81.6 cm³/mol. The quantitative estimate of drug-likeness (QED) is 0.842. The fraction of sp³-hybridized carbons (Fsp3) is 0.533. The highest BCUT2D eigenvalue weighted by Crippen LogP contribution is 2.17. The summed E-state index contributed by atoms with van der Waals surface area (Å²) in [6.45, 7) is 2.87. The molecule has 0 bridgehead atoms. The van der Waals surface area contributed by atoms with Gasteiger partial charge in [-0.15, -0.1) is 0 Å². The summed E-state index contributed by atoms with van der Waals surface area (Å²) in [5.74, 6) is -0.651. The van der Waals surface area contributed by atoms with Gasteiger partial charge < -0.3 is 5.32 Å². The Morgan fingerprint density at radius 1 is 1.35 bits per heavy atom. The Bertz CT molecular complexity index is 726. The lowest BCUT2D eigenvalue weighted by Gasteiger charge is -2.13. The molecule has 1 aliphatic rings. The maximum atomic E-state index is 12.1. The maximum absolute atomic E-state index is 12.1. The van der Waals surface area contributed by atoms with Crippen LogP contribution in [-0.4, -0.2) is 27.8 Å². The number of nitrogens with zero attached hydrogens (tertiary/aromatic N) is 3. The number of imide groups is 1. The van der Waals surface area contributed by atoms with E-state index in [1.54, 1.807) is 13.8 Å². The van der Waals surface area contributed by atoms with Crippen molar-refractivity contribution in [1.29, 1.82) is 5.26 Å². The van der Waals surface area contributed by atoms with Gasteiger partial charge >= 0.3 is 6.03 Å². The van der Waals surface area contributed by atoms with Crippen molar-refractivity contribution in [3.8, 4) is 6.07 Å². The van der Waals surface area contributed by atoms with E-state index in [4.69, 9.17) is 5.26 Å². The number of carbonyl (C=O) groups excluding carboxylic acids is 2. The number of carbonyl (C=O) groups is 2. The second-order valence-electron chi connectivity index (χ2n) is 5.66. The molecule has 23 heavy (non-hydrogen) atoms. The lowest BCUT2D eigenvalue weighted by molar-refractivity contribution is -0.120. The van der Waals surface area contributed by atoms with Gasteiger partial charge in [-0.1, -0.05) is 12.8 Å². The minimum Gasteiger partial charge on any atom is -0.335 e. The Morgan fingerprint density at radius 3 is 2.61 bits per heavy atom. The van der Waals surface area contributed by atoms with Crippen LogP contribution in [-0.2, 0) is 11.3 Å². The molecule has 0 saturated heterocycles. The molecule has 0 radical (unpaired) electrons. The molecule has 1 aromatic rings. The molecule has 2 N–H and O–H groups in total. The summed E-state index contributed by atoms with van der Waals surface area (Å²) in [6.07, 6.45) is 3.95. The molecule has 0 spiro atoms. The number of hydrogen-bond acceptors (Lipinski definition) is 5. The van der Waals surface area contributed by atoms with Crippen LogP contribution in [0.1, 0.15) is 42.5 Å². The SMILES string of the molecule is Cc1nn(CC(=O)NC(=O)NC2CCCC2)c(=O)c(C#N)c1C. The van der Waals surface area contributed by atoms with Crippen LogP contribution in [0.3, 0.4) is 0 Å². The minimum atomic E-state index is -0.651. The van der Waals surface area contributed by atoms with Gasteiger partial charge in [0.2, 0.25) is 5.91 Å². The zero-order valence-corrected chi connectivity index (χ0v) is 13.2. The normalized spacial score (nSPS) is 14.3. The third-order valence-electron chi connectivity index (χ3n) is 3.99. The molecule has 8 nitrogen and oxygen atoms in total. The summed E-state index contributed by atoms with van der Waals surface area (Å²) in [6, 6.07) is 1.35. The molecule has 0 atom stereocenters. The van der Waals surface area contributed by atoms with Crippen LogP contribution < -0.4 is 16.2 Å². The van der Waals surface area contributed by atoms with Crippen molar-refractivity contribution < 1.29 is 9.59 Å². The number of nitrogens with one attached hydrogen (secondary N) is 2. The van der Waals surface area contributed by atoms with E-state index in [9.17, 15) is 14.4 Å². The second-order valence-corrected chi connectivity index (χ2v) is 5.66. The molecular formula is C15H19N5O3. The highest BCUT2D eigenvalue weighted by Gasteiger charge is 2.19. The summed E-state index contributed by atoms with van der Waals surface area (Å²) >= 11 is 0. The first kappa shape index (κ1) is 16.7. The van der Waals surface area contributed by atoms with Crippen LogP contribution in [0, 0.1) is 25.2 Å². The highest BCUT2D eigenvalue weighted by atomic mass is 16.2. The molecular weight excluding hydrogens is 298 g/mol. The third kappa shape index (κ3) is 3.94. The number of nitriles is 1. The van der Waals surface area contributed by atoms with Gasteiger partial charge in [0, 0.05) is 6.04 Å². The van der Waals surface area contributed by atoms with Gasteiger partial charge in [0.1, 0.15) is 18.2 Å². The Morgan fingerprint density at radius 2 is 2.00 bits per heavy atom. The number of rotatable bonds is 3. The lowest BCUT2D eigenvalue weighted by Crippen LogP contribution is -2.45. The first-order valence-corrected chi connectivity index (χ1v) is 7.51. The highest BCUT2D eigenvalue weighted by molar-refractivity contribution is 5.94. The molecule has 1 fully saturated rings. The van der Waals surface area contributed by atoms with E-state index in [-0.39, 0.29) is 11.6 Å². The van der Waals surface area contributed by atoms with Crippen molar-refractivity contribution in [2.24, 2.45) is 0 Å². The zero-order chi connectivity index (χ0) is 17.0. The first-order valence-electron chi connectivity index (χ1n) is 7.51. The molecule has 8 heteroatoms. The largest absolute Gasteiger partial charge is 0.335 e. The molecule has 0 aromatic carbocycles. The summed E-state index contributed by atoms with van der Waals surface area (Å²) in [7, 11) is 0.